The largest absolute Gasteiger partial charge is 0.437 e. The van der Waals surface area contributed by atoms with Crippen LogP contribution in [0, 0.1) is 13.8 Å². The van der Waals surface area contributed by atoms with E-state index in [0.29, 0.717) is 22.2 Å². The molecule has 4 rings (SSSR count). The Morgan fingerprint density at radius 3 is 2.39 bits per heavy atom. The first-order valence-corrected chi connectivity index (χ1v) is 10.6. The van der Waals surface area contributed by atoms with Gasteiger partial charge in [-0.2, -0.15) is 0 Å². The maximum atomic E-state index is 12.6. The Labute approximate surface area is 185 Å². The fraction of sp³-hybridized carbons (Fsp3) is 0.0800. The van der Waals surface area contributed by atoms with Crippen LogP contribution in [0.1, 0.15) is 21.5 Å². The topological polar surface area (TPSA) is 64.1 Å². The van der Waals surface area contributed by atoms with Crippen LogP contribution in [-0.4, -0.2) is 15.9 Å². The predicted molar refractivity (Wildman–Crippen MR) is 123 cm³/mol. The zero-order chi connectivity index (χ0) is 21.6. The van der Waals surface area contributed by atoms with E-state index in [-0.39, 0.29) is 5.91 Å². The molecule has 154 valence electrons. The third-order valence-electron chi connectivity index (χ3n) is 4.77. The Kier molecular flexibility index (Phi) is 6.29. The van der Waals surface area contributed by atoms with Crippen molar-refractivity contribution in [3.8, 4) is 11.6 Å². The van der Waals surface area contributed by atoms with Crippen molar-refractivity contribution < 1.29 is 9.53 Å². The monoisotopic (exact) mass is 427 g/mol. The third-order valence-corrected chi connectivity index (χ3v) is 5.76. The maximum Gasteiger partial charge on any atom is 0.255 e. The number of nitrogens with zero attached hydrogens (tertiary/aromatic N) is 2. The van der Waals surface area contributed by atoms with E-state index >= 15 is 0 Å². The molecule has 6 heteroatoms. The maximum absolute atomic E-state index is 12.6. The lowest BCUT2D eigenvalue weighted by molar-refractivity contribution is 0.102. The average molecular weight is 428 g/mol. The van der Waals surface area contributed by atoms with Crippen molar-refractivity contribution in [1.29, 1.82) is 0 Å². The van der Waals surface area contributed by atoms with Crippen LogP contribution < -0.4 is 10.1 Å². The van der Waals surface area contributed by atoms with Gasteiger partial charge in [0, 0.05) is 28.5 Å². The number of aryl methyl sites for hydroxylation is 1. The summed E-state index contributed by atoms with van der Waals surface area (Å²) in [5.41, 5.74) is 3.55. The molecule has 0 fully saturated rings. The molecule has 0 spiro atoms. The van der Waals surface area contributed by atoms with Crippen molar-refractivity contribution in [3.05, 3.63) is 102 Å². The summed E-state index contributed by atoms with van der Waals surface area (Å²) in [6, 6.07) is 22.8. The number of carbonyl (C=O) groups is 1. The molecule has 31 heavy (non-hydrogen) atoms. The molecule has 0 aliphatic carbocycles. The quantitative estimate of drug-likeness (QED) is 0.392. The Bertz CT molecular complexity index is 1200. The molecule has 0 bridgehead atoms. The first-order chi connectivity index (χ1) is 15.1. The molecule has 0 atom stereocenters. The summed E-state index contributed by atoms with van der Waals surface area (Å²) in [6.07, 6.45) is 3.23. The standard InChI is InChI=1S/C25H21N3O2S/c1-17-7-6-10-22(18(17)2)28-23(29)19-11-13-20(14-12-19)30-24-25(27-16-15-26-24)31-21-8-4-3-5-9-21/h3-16H,1-2H3,(H,28,29). The van der Waals surface area contributed by atoms with Gasteiger partial charge < -0.3 is 10.1 Å². The van der Waals surface area contributed by atoms with E-state index in [9.17, 15) is 4.79 Å². The van der Waals surface area contributed by atoms with Gasteiger partial charge in [-0.3, -0.25) is 4.79 Å². The Morgan fingerprint density at radius 2 is 1.61 bits per heavy atom. The van der Waals surface area contributed by atoms with Crippen molar-refractivity contribution >= 4 is 23.4 Å². The van der Waals surface area contributed by atoms with Crippen molar-refractivity contribution in [3.63, 3.8) is 0 Å². The molecule has 0 aliphatic heterocycles. The second kappa shape index (κ2) is 9.45. The van der Waals surface area contributed by atoms with E-state index in [2.05, 4.69) is 15.3 Å². The van der Waals surface area contributed by atoms with Gasteiger partial charge in [-0.1, -0.05) is 42.1 Å². The fourth-order valence-corrected chi connectivity index (χ4v) is 3.73. The number of aromatic nitrogens is 2. The van der Waals surface area contributed by atoms with Crippen LogP contribution in [0.5, 0.6) is 11.6 Å². The smallest absolute Gasteiger partial charge is 0.255 e. The normalized spacial score (nSPS) is 10.5. The second-order valence-corrected chi connectivity index (χ2v) is 7.97. The number of anilines is 1. The summed E-state index contributed by atoms with van der Waals surface area (Å²) in [4.78, 5) is 22.4. The minimum atomic E-state index is -0.167. The van der Waals surface area contributed by atoms with Crippen LogP contribution in [0.4, 0.5) is 5.69 Å². The molecule has 1 heterocycles. The van der Waals surface area contributed by atoms with Crippen molar-refractivity contribution in [1.82, 2.24) is 9.97 Å². The number of ether oxygens (including phenoxy) is 1. The molecule has 0 unspecified atom stereocenters. The zero-order valence-electron chi connectivity index (χ0n) is 17.2. The molecular formula is C25H21N3O2S. The minimum Gasteiger partial charge on any atom is -0.437 e. The molecule has 1 aromatic heterocycles. The van der Waals surface area contributed by atoms with Gasteiger partial charge in [-0.05, 0) is 67.4 Å². The van der Waals surface area contributed by atoms with E-state index in [1.54, 1.807) is 36.7 Å². The highest BCUT2D eigenvalue weighted by molar-refractivity contribution is 7.99. The molecule has 0 saturated heterocycles. The number of benzene rings is 3. The summed E-state index contributed by atoms with van der Waals surface area (Å²) in [7, 11) is 0. The summed E-state index contributed by atoms with van der Waals surface area (Å²) in [5, 5.41) is 3.64. The Morgan fingerprint density at radius 1 is 0.871 bits per heavy atom. The first-order valence-electron chi connectivity index (χ1n) is 9.79. The summed E-state index contributed by atoms with van der Waals surface area (Å²) < 4.78 is 5.94. The van der Waals surface area contributed by atoms with Crippen molar-refractivity contribution in [2.45, 2.75) is 23.8 Å². The highest BCUT2D eigenvalue weighted by Crippen LogP contribution is 2.33. The van der Waals surface area contributed by atoms with Crippen LogP contribution in [-0.2, 0) is 0 Å². The summed E-state index contributed by atoms with van der Waals surface area (Å²) in [6.45, 7) is 4.02. The van der Waals surface area contributed by atoms with Crippen molar-refractivity contribution in [2.75, 3.05) is 5.32 Å². The molecule has 1 N–H and O–H groups in total. The average Bonchev–Trinajstić information content (AvgIpc) is 2.79. The lowest BCUT2D eigenvalue weighted by Gasteiger charge is -2.11. The number of nitrogens with one attached hydrogen (secondary N) is 1. The van der Waals surface area contributed by atoms with Gasteiger partial charge in [0.15, 0.2) is 5.03 Å². The van der Waals surface area contributed by atoms with E-state index in [1.165, 1.54) is 11.8 Å². The van der Waals surface area contributed by atoms with Crippen LogP contribution in [0.2, 0.25) is 0 Å². The SMILES string of the molecule is Cc1cccc(NC(=O)c2ccc(Oc3nccnc3Sc3ccccc3)cc2)c1C. The number of amides is 1. The third kappa shape index (κ3) is 5.10. The van der Waals surface area contributed by atoms with Crippen molar-refractivity contribution in [2.24, 2.45) is 0 Å². The van der Waals surface area contributed by atoms with Gasteiger partial charge in [0.1, 0.15) is 5.75 Å². The van der Waals surface area contributed by atoms with Gasteiger partial charge >= 0.3 is 0 Å². The summed E-state index contributed by atoms with van der Waals surface area (Å²) >= 11 is 1.48. The van der Waals surface area contributed by atoms with E-state index in [4.69, 9.17) is 4.74 Å². The van der Waals surface area contributed by atoms with Crippen LogP contribution in [0.3, 0.4) is 0 Å². The van der Waals surface area contributed by atoms with Gasteiger partial charge in [0.25, 0.3) is 11.8 Å². The summed E-state index contributed by atoms with van der Waals surface area (Å²) in [5.74, 6) is 0.836. The number of rotatable bonds is 6. The lowest BCUT2D eigenvalue weighted by atomic mass is 10.1. The minimum absolute atomic E-state index is 0.167. The molecule has 1 amide bonds. The molecule has 4 aromatic rings. The molecule has 0 saturated carbocycles. The molecule has 3 aromatic carbocycles. The molecular weight excluding hydrogens is 406 g/mol. The first kappa shape index (κ1) is 20.6. The fourth-order valence-electron chi connectivity index (χ4n) is 2.92. The van der Waals surface area contributed by atoms with Gasteiger partial charge in [-0.15, -0.1) is 0 Å². The lowest BCUT2D eigenvalue weighted by Crippen LogP contribution is -2.12. The molecule has 0 radical (unpaired) electrons. The molecule has 5 nitrogen and oxygen atoms in total. The zero-order valence-corrected chi connectivity index (χ0v) is 18.0. The van der Waals surface area contributed by atoms with Gasteiger partial charge in [-0.25, -0.2) is 9.97 Å². The van der Waals surface area contributed by atoms with Crippen LogP contribution in [0.15, 0.2) is 95.1 Å². The Balaban J connectivity index is 1.47. The van der Waals surface area contributed by atoms with E-state index in [0.717, 1.165) is 21.7 Å². The predicted octanol–water partition coefficient (Wildman–Crippen LogP) is 6.29. The number of carbonyl (C=O) groups excluding carboxylic acids is 1. The van der Waals surface area contributed by atoms with E-state index in [1.807, 2.05) is 62.4 Å². The van der Waals surface area contributed by atoms with Crippen LogP contribution >= 0.6 is 11.8 Å². The van der Waals surface area contributed by atoms with Gasteiger partial charge in [0.2, 0.25) is 0 Å². The second-order valence-electron chi connectivity index (χ2n) is 6.91. The highest BCUT2D eigenvalue weighted by atomic mass is 32.2. The number of hydrogen-bond donors (Lipinski definition) is 1. The Hall–Kier alpha value is -3.64. The van der Waals surface area contributed by atoms with E-state index < -0.39 is 0 Å². The van der Waals surface area contributed by atoms with Crippen LogP contribution in [0.25, 0.3) is 0 Å². The molecule has 0 aliphatic rings. The number of hydrogen-bond acceptors (Lipinski definition) is 5. The highest BCUT2D eigenvalue weighted by Gasteiger charge is 2.12. The van der Waals surface area contributed by atoms with Gasteiger partial charge in [0.05, 0.1) is 0 Å².